The maximum Gasteiger partial charge on any atom is 0.222 e. The highest BCUT2D eigenvalue weighted by molar-refractivity contribution is 9.11. The molecule has 7 heteroatoms. The molecule has 1 heterocycles. The van der Waals surface area contributed by atoms with Crippen molar-refractivity contribution in [3.63, 3.8) is 0 Å². The van der Waals surface area contributed by atoms with Crippen LogP contribution in [0.25, 0.3) is 0 Å². The van der Waals surface area contributed by atoms with Crippen molar-refractivity contribution in [2.24, 2.45) is 10.9 Å². The van der Waals surface area contributed by atoms with Crippen molar-refractivity contribution in [1.29, 1.82) is 0 Å². The molecular weight excluding hydrogens is 364 g/mol. The SMILES string of the molecule is CCNC(=NCCNC(=O)C(C)C)N(C)Cc1ccc(Br)s1. The third kappa shape index (κ3) is 6.79. The quantitative estimate of drug-likeness (QED) is 0.428. The molecule has 0 radical (unpaired) electrons. The van der Waals surface area contributed by atoms with Crippen molar-refractivity contribution < 1.29 is 4.79 Å². The Morgan fingerprint density at radius 2 is 2.14 bits per heavy atom. The minimum atomic E-state index is 0.0113. The predicted octanol–water partition coefficient (Wildman–Crippen LogP) is 2.68. The van der Waals surface area contributed by atoms with Crippen molar-refractivity contribution in [2.75, 3.05) is 26.7 Å². The van der Waals surface area contributed by atoms with Gasteiger partial charge in [0.2, 0.25) is 5.91 Å². The van der Waals surface area contributed by atoms with Gasteiger partial charge in [-0.3, -0.25) is 9.79 Å². The molecule has 0 fully saturated rings. The maximum atomic E-state index is 11.5. The first-order chi connectivity index (χ1) is 10.4. The average molecular weight is 389 g/mol. The first-order valence-electron chi connectivity index (χ1n) is 7.45. The van der Waals surface area contributed by atoms with E-state index in [-0.39, 0.29) is 11.8 Å². The van der Waals surface area contributed by atoms with E-state index in [9.17, 15) is 4.79 Å². The van der Waals surface area contributed by atoms with E-state index >= 15 is 0 Å². The highest BCUT2D eigenvalue weighted by atomic mass is 79.9. The largest absolute Gasteiger partial charge is 0.357 e. The molecule has 0 aliphatic carbocycles. The molecule has 0 saturated carbocycles. The van der Waals surface area contributed by atoms with Crippen molar-refractivity contribution in [3.8, 4) is 0 Å². The summed E-state index contributed by atoms with van der Waals surface area (Å²) < 4.78 is 1.13. The lowest BCUT2D eigenvalue weighted by Gasteiger charge is -2.21. The lowest BCUT2D eigenvalue weighted by Crippen LogP contribution is -2.39. The minimum Gasteiger partial charge on any atom is -0.357 e. The number of carbonyl (C=O) groups excluding carboxylic acids is 1. The monoisotopic (exact) mass is 388 g/mol. The highest BCUT2D eigenvalue weighted by Crippen LogP contribution is 2.22. The maximum absolute atomic E-state index is 11.5. The van der Waals surface area contributed by atoms with Crippen molar-refractivity contribution >= 4 is 39.1 Å². The first-order valence-corrected chi connectivity index (χ1v) is 9.06. The third-order valence-corrected chi connectivity index (χ3v) is 4.52. The number of rotatable bonds is 7. The van der Waals surface area contributed by atoms with Gasteiger partial charge in [0.25, 0.3) is 0 Å². The van der Waals surface area contributed by atoms with Gasteiger partial charge in [-0.05, 0) is 35.0 Å². The van der Waals surface area contributed by atoms with E-state index in [4.69, 9.17) is 0 Å². The Kier molecular flexibility index (Phi) is 8.48. The standard InChI is InChI=1S/C15H25BrN4OS/c1-5-17-15(19-9-8-18-14(21)11(2)3)20(4)10-12-6-7-13(16)22-12/h6-7,11H,5,8-10H2,1-4H3,(H,17,19)(H,18,21). The lowest BCUT2D eigenvalue weighted by molar-refractivity contribution is -0.123. The van der Waals surface area contributed by atoms with E-state index in [1.165, 1.54) is 4.88 Å². The van der Waals surface area contributed by atoms with Gasteiger partial charge in [0, 0.05) is 30.9 Å². The second-order valence-corrected chi connectivity index (χ2v) is 7.79. The number of amides is 1. The molecule has 1 aromatic rings. The summed E-state index contributed by atoms with van der Waals surface area (Å²) >= 11 is 5.20. The smallest absolute Gasteiger partial charge is 0.222 e. The summed E-state index contributed by atoms with van der Waals surface area (Å²) in [7, 11) is 2.02. The number of hydrogen-bond donors (Lipinski definition) is 2. The van der Waals surface area contributed by atoms with E-state index < -0.39 is 0 Å². The Morgan fingerprint density at radius 1 is 1.41 bits per heavy atom. The first kappa shape index (κ1) is 19.0. The molecule has 22 heavy (non-hydrogen) atoms. The van der Waals surface area contributed by atoms with Crippen molar-refractivity contribution in [3.05, 3.63) is 20.8 Å². The molecule has 5 nitrogen and oxygen atoms in total. The van der Waals surface area contributed by atoms with Gasteiger partial charge in [0.15, 0.2) is 5.96 Å². The summed E-state index contributed by atoms with van der Waals surface area (Å²) in [5.74, 6) is 0.931. The van der Waals surface area contributed by atoms with Crippen LogP contribution in [-0.4, -0.2) is 43.4 Å². The Labute approximate surface area is 145 Å². The molecule has 1 aromatic heterocycles. The summed E-state index contributed by atoms with van der Waals surface area (Å²) in [6, 6.07) is 4.16. The van der Waals surface area contributed by atoms with Crippen LogP contribution in [0.4, 0.5) is 0 Å². The molecule has 0 aliphatic heterocycles. The van der Waals surface area contributed by atoms with Crippen LogP contribution in [-0.2, 0) is 11.3 Å². The van der Waals surface area contributed by atoms with E-state index in [1.54, 1.807) is 11.3 Å². The number of nitrogens with zero attached hydrogens (tertiary/aromatic N) is 2. The van der Waals surface area contributed by atoms with Crippen molar-refractivity contribution in [2.45, 2.75) is 27.3 Å². The molecule has 2 N–H and O–H groups in total. The van der Waals surface area contributed by atoms with Gasteiger partial charge in [-0.25, -0.2) is 0 Å². The Hall–Kier alpha value is -1.08. The van der Waals surface area contributed by atoms with Gasteiger partial charge >= 0.3 is 0 Å². The van der Waals surface area contributed by atoms with Gasteiger partial charge in [0.05, 0.1) is 16.9 Å². The van der Waals surface area contributed by atoms with E-state index in [2.05, 4.69) is 48.6 Å². The topological polar surface area (TPSA) is 56.7 Å². The van der Waals surface area contributed by atoms with Crippen molar-refractivity contribution in [1.82, 2.24) is 15.5 Å². The number of guanidine groups is 1. The summed E-state index contributed by atoms with van der Waals surface area (Å²) in [6.45, 7) is 8.57. The van der Waals surface area contributed by atoms with E-state index in [1.807, 2.05) is 27.8 Å². The second-order valence-electron chi connectivity index (χ2n) is 5.24. The number of aliphatic imine (C=N–C) groups is 1. The average Bonchev–Trinajstić information content (AvgIpc) is 2.86. The van der Waals surface area contributed by atoms with Crippen LogP contribution in [0.5, 0.6) is 0 Å². The van der Waals surface area contributed by atoms with Gasteiger partial charge in [-0.2, -0.15) is 0 Å². The summed E-state index contributed by atoms with van der Waals surface area (Å²) in [5, 5.41) is 6.15. The van der Waals surface area contributed by atoms with Gasteiger partial charge in [-0.1, -0.05) is 13.8 Å². The third-order valence-electron chi connectivity index (χ3n) is 2.92. The Balaban J connectivity index is 2.51. The molecule has 0 spiro atoms. The lowest BCUT2D eigenvalue weighted by atomic mass is 10.2. The number of thiophene rings is 1. The Morgan fingerprint density at radius 3 is 2.68 bits per heavy atom. The molecule has 124 valence electrons. The number of hydrogen-bond acceptors (Lipinski definition) is 3. The van der Waals surface area contributed by atoms with Gasteiger partial charge in [0.1, 0.15) is 0 Å². The summed E-state index contributed by atoms with van der Waals surface area (Å²) in [4.78, 5) is 19.4. The van der Waals surface area contributed by atoms with Crippen LogP contribution < -0.4 is 10.6 Å². The molecule has 1 amide bonds. The van der Waals surface area contributed by atoms with Crippen LogP contribution >= 0.6 is 27.3 Å². The molecule has 0 aliphatic rings. The fourth-order valence-electron chi connectivity index (χ4n) is 1.76. The number of carbonyl (C=O) groups is 1. The van der Waals surface area contributed by atoms with Crippen LogP contribution in [0.15, 0.2) is 20.9 Å². The zero-order valence-corrected chi connectivity index (χ0v) is 16.1. The summed E-state index contributed by atoms with van der Waals surface area (Å²) in [6.07, 6.45) is 0. The normalized spacial score (nSPS) is 11.6. The molecular formula is C15H25BrN4OS. The molecule has 0 atom stereocenters. The number of nitrogens with one attached hydrogen (secondary N) is 2. The van der Waals surface area contributed by atoms with Crippen LogP contribution in [0, 0.1) is 5.92 Å². The van der Waals surface area contributed by atoms with Crippen LogP contribution in [0.1, 0.15) is 25.6 Å². The fourth-order valence-corrected chi connectivity index (χ4v) is 3.30. The zero-order chi connectivity index (χ0) is 16.5. The van der Waals surface area contributed by atoms with E-state index in [0.29, 0.717) is 13.1 Å². The molecule has 1 rings (SSSR count). The van der Waals surface area contributed by atoms with Crippen LogP contribution in [0.3, 0.4) is 0 Å². The fraction of sp³-hybridized carbons (Fsp3) is 0.600. The highest BCUT2D eigenvalue weighted by Gasteiger charge is 2.08. The van der Waals surface area contributed by atoms with E-state index in [0.717, 1.165) is 22.8 Å². The minimum absolute atomic E-state index is 0.0113. The Bertz CT molecular complexity index is 501. The molecule has 0 bridgehead atoms. The predicted molar refractivity (Wildman–Crippen MR) is 97.3 cm³/mol. The molecule has 0 unspecified atom stereocenters. The van der Waals surface area contributed by atoms with Crippen LogP contribution in [0.2, 0.25) is 0 Å². The summed E-state index contributed by atoms with van der Waals surface area (Å²) in [5.41, 5.74) is 0. The second kappa shape index (κ2) is 9.84. The van der Waals surface area contributed by atoms with Gasteiger partial charge in [-0.15, -0.1) is 11.3 Å². The molecule has 0 saturated heterocycles. The molecule has 0 aromatic carbocycles. The zero-order valence-electron chi connectivity index (χ0n) is 13.6. The number of halogens is 1. The van der Waals surface area contributed by atoms with Gasteiger partial charge < -0.3 is 15.5 Å².